The van der Waals surface area contributed by atoms with Gasteiger partial charge in [-0.25, -0.2) is 8.42 Å². The maximum Gasteiger partial charge on any atom is 0.324 e. The summed E-state index contributed by atoms with van der Waals surface area (Å²) in [4.78, 5) is 22.0. The van der Waals surface area contributed by atoms with Crippen molar-refractivity contribution in [3.8, 4) is 0 Å². The maximum atomic E-state index is 12.2. The molecule has 0 radical (unpaired) electrons. The van der Waals surface area contributed by atoms with Crippen LogP contribution < -0.4 is 10.0 Å². The Morgan fingerprint density at radius 2 is 1.76 bits per heavy atom. The molecule has 1 aromatic rings. The molecular formula is C13H18N2O5S. The van der Waals surface area contributed by atoms with Gasteiger partial charge >= 0.3 is 5.97 Å². The number of hydrogen-bond donors (Lipinski definition) is 3. The van der Waals surface area contributed by atoms with Gasteiger partial charge in [-0.15, -0.1) is 0 Å². The quantitative estimate of drug-likeness (QED) is 0.729. The fraction of sp³-hybridized carbons (Fsp3) is 0.385. The SMILES string of the molecule is CCC(C)(NS(=O)(=O)c1ccc(NC(C)=O)cc1)C(=O)O. The average molecular weight is 314 g/mol. The number of sulfonamides is 1. The highest BCUT2D eigenvalue weighted by molar-refractivity contribution is 7.89. The second kappa shape index (κ2) is 6.23. The molecule has 8 heteroatoms. The summed E-state index contributed by atoms with van der Waals surface area (Å²) in [6.07, 6.45) is 0.103. The Morgan fingerprint density at radius 3 is 2.14 bits per heavy atom. The van der Waals surface area contributed by atoms with Gasteiger partial charge < -0.3 is 10.4 Å². The number of rotatable bonds is 6. The Hall–Kier alpha value is -1.93. The van der Waals surface area contributed by atoms with Crippen molar-refractivity contribution in [2.24, 2.45) is 0 Å². The summed E-state index contributed by atoms with van der Waals surface area (Å²) in [5.74, 6) is -1.52. The molecule has 0 heterocycles. The molecular weight excluding hydrogens is 296 g/mol. The van der Waals surface area contributed by atoms with Gasteiger partial charge in [0.15, 0.2) is 0 Å². The molecule has 0 saturated heterocycles. The van der Waals surface area contributed by atoms with Crippen molar-refractivity contribution in [3.63, 3.8) is 0 Å². The highest BCUT2D eigenvalue weighted by Gasteiger charge is 2.36. The van der Waals surface area contributed by atoms with E-state index in [1.807, 2.05) is 0 Å². The van der Waals surface area contributed by atoms with Crippen LogP contribution in [0.15, 0.2) is 29.2 Å². The van der Waals surface area contributed by atoms with E-state index in [9.17, 15) is 18.0 Å². The predicted octanol–water partition coefficient (Wildman–Crippen LogP) is 1.18. The number of aliphatic carboxylic acids is 1. The zero-order valence-corrected chi connectivity index (χ0v) is 12.8. The minimum absolute atomic E-state index is 0.0717. The fourth-order valence-electron chi connectivity index (χ4n) is 1.54. The van der Waals surface area contributed by atoms with Gasteiger partial charge in [0, 0.05) is 12.6 Å². The first-order valence-corrected chi connectivity index (χ1v) is 7.74. The minimum atomic E-state index is -3.96. The van der Waals surface area contributed by atoms with Gasteiger partial charge in [-0.3, -0.25) is 9.59 Å². The minimum Gasteiger partial charge on any atom is -0.480 e. The number of anilines is 1. The molecule has 0 aliphatic heterocycles. The summed E-state index contributed by atoms with van der Waals surface area (Å²) in [7, 11) is -3.96. The van der Waals surface area contributed by atoms with Gasteiger partial charge in [-0.1, -0.05) is 6.92 Å². The second-order valence-electron chi connectivity index (χ2n) is 4.80. The molecule has 0 spiro atoms. The Morgan fingerprint density at radius 1 is 1.24 bits per heavy atom. The molecule has 7 nitrogen and oxygen atoms in total. The Balaban J connectivity index is 3.03. The zero-order chi connectivity index (χ0) is 16.3. The summed E-state index contributed by atoms with van der Waals surface area (Å²) in [5.41, 5.74) is -1.12. The predicted molar refractivity (Wildman–Crippen MR) is 77.4 cm³/mol. The number of carbonyl (C=O) groups excluding carboxylic acids is 1. The van der Waals surface area contributed by atoms with Crippen LogP contribution in [0, 0.1) is 0 Å². The van der Waals surface area contributed by atoms with E-state index in [1.165, 1.54) is 38.1 Å². The molecule has 0 aliphatic carbocycles. The highest BCUT2D eigenvalue weighted by atomic mass is 32.2. The van der Waals surface area contributed by atoms with Gasteiger partial charge in [0.05, 0.1) is 4.90 Å². The lowest BCUT2D eigenvalue weighted by Gasteiger charge is -2.24. The molecule has 1 atom stereocenters. The van der Waals surface area contributed by atoms with Gasteiger partial charge in [0.2, 0.25) is 15.9 Å². The molecule has 0 bridgehead atoms. The molecule has 116 valence electrons. The van der Waals surface area contributed by atoms with Crippen molar-refractivity contribution < 1.29 is 23.1 Å². The number of benzene rings is 1. The molecule has 1 rings (SSSR count). The Labute approximate surface area is 123 Å². The van der Waals surface area contributed by atoms with Crippen LogP contribution >= 0.6 is 0 Å². The van der Waals surface area contributed by atoms with Crippen LogP contribution in [-0.2, 0) is 19.6 Å². The van der Waals surface area contributed by atoms with Crippen molar-refractivity contribution in [3.05, 3.63) is 24.3 Å². The van der Waals surface area contributed by atoms with Crippen molar-refractivity contribution in [1.29, 1.82) is 0 Å². The Bertz CT molecular complexity index is 639. The summed E-state index contributed by atoms with van der Waals surface area (Å²) >= 11 is 0. The van der Waals surface area contributed by atoms with Gasteiger partial charge in [-0.2, -0.15) is 4.72 Å². The molecule has 1 aromatic carbocycles. The lowest BCUT2D eigenvalue weighted by molar-refractivity contribution is -0.143. The monoisotopic (exact) mass is 314 g/mol. The van der Waals surface area contributed by atoms with E-state index in [0.29, 0.717) is 5.69 Å². The number of carboxylic acids is 1. The third kappa shape index (κ3) is 4.27. The largest absolute Gasteiger partial charge is 0.480 e. The standard InChI is InChI=1S/C13H18N2O5S/c1-4-13(3,12(17)18)15-21(19,20)11-7-5-10(6-8-11)14-9(2)16/h5-8,15H,4H2,1-3H3,(H,14,16)(H,17,18). The van der Waals surface area contributed by atoms with Crippen molar-refractivity contribution in [2.45, 2.75) is 37.6 Å². The first-order valence-electron chi connectivity index (χ1n) is 6.26. The number of hydrogen-bond acceptors (Lipinski definition) is 4. The van der Waals surface area contributed by atoms with E-state index < -0.39 is 21.5 Å². The lowest BCUT2D eigenvalue weighted by atomic mass is 10.0. The van der Waals surface area contributed by atoms with Crippen molar-refractivity contribution in [1.82, 2.24) is 4.72 Å². The Kier molecular flexibility index (Phi) is 5.08. The topological polar surface area (TPSA) is 113 Å². The van der Waals surface area contributed by atoms with Crippen LogP contribution in [-0.4, -0.2) is 30.9 Å². The van der Waals surface area contributed by atoms with Crippen LogP contribution in [0.25, 0.3) is 0 Å². The third-order valence-corrected chi connectivity index (χ3v) is 4.64. The second-order valence-corrected chi connectivity index (χ2v) is 6.48. The van der Waals surface area contributed by atoms with Gasteiger partial charge in [0.1, 0.15) is 5.54 Å². The van der Waals surface area contributed by atoms with Crippen LogP contribution in [0.2, 0.25) is 0 Å². The maximum absolute atomic E-state index is 12.2. The number of carbonyl (C=O) groups is 2. The zero-order valence-electron chi connectivity index (χ0n) is 12.0. The van der Waals surface area contributed by atoms with Crippen molar-refractivity contribution in [2.75, 3.05) is 5.32 Å². The highest BCUT2D eigenvalue weighted by Crippen LogP contribution is 2.18. The first kappa shape index (κ1) is 17.1. The van der Waals surface area contributed by atoms with E-state index in [4.69, 9.17) is 5.11 Å². The van der Waals surface area contributed by atoms with E-state index in [2.05, 4.69) is 10.0 Å². The van der Waals surface area contributed by atoms with E-state index in [1.54, 1.807) is 6.92 Å². The van der Waals surface area contributed by atoms with Crippen LogP contribution in [0.4, 0.5) is 5.69 Å². The molecule has 0 aliphatic rings. The van der Waals surface area contributed by atoms with Gasteiger partial charge in [-0.05, 0) is 37.6 Å². The lowest BCUT2D eigenvalue weighted by Crippen LogP contribution is -2.51. The molecule has 1 unspecified atom stereocenters. The fourth-order valence-corrected chi connectivity index (χ4v) is 2.98. The third-order valence-electron chi connectivity index (χ3n) is 3.02. The summed E-state index contributed by atoms with van der Waals surface area (Å²) in [6.45, 7) is 4.22. The number of nitrogens with one attached hydrogen (secondary N) is 2. The van der Waals surface area contributed by atoms with Crippen LogP contribution in [0.1, 0.15) is 27.2 Å². The first-order chi connectivity index (χ1) is 9.60. The molecule has 0 aromatic heterocycles. The molecule has 0 fully saturated rings. The molecule has 1 amide bonds. The van der Waals surface area contributed by atoms with Crippen LogP contribution in [0.3, 0.4) is 0 Å². The van der Waals surface area contributed by atoms with Crippen molar-refractivity contribution >= 4 is 27.6 Å². The molecule has 3 N–H and O–H groups in total. The number of carboxylic acid groups (broad SMARTS) is 1. The summed E-state index contributed by atoms with van der Waals surface area (Å²) in [5, 5.41) is 11.6. The number of amides is 1. The average Bonchev–Trinajstić information content (AvgIpc) is 2.37. The van der Waals surface area contributed by atoms with E-state index >= 15 is 0 Å². The summed E-state index contributed by atoms with van der Waals surface area (Å²) in [6, 6.07) is 5.46. The smallest absolute Gasteiger partial charge is 0.324 e. The van der Waals surface area contributed by atoms with Gasteiger partial charge in [0.25, 0.3) is 0 Å². The van der Waals surface area contributed by atoms with Crippen LogP contribution in [0.5, 0.6) is 0 Å². The van der Waals surface area contributed by atoms with E-state index in [-0.39, 0.29) is 17.2 Å². The summed E-state index contributed by atoms with van der Waals surface area (Å²) < 4.78 is 26.5. The normalized spacial score (nSPS) is 14.2. The molecule has 21 heavy (non-hydrogen) atoms. The molecule has 0 saturated carbocycles. The van der Waals surface area contributed by atoms with E-state index in [0.717, 1.165) is 0 Å².